The topological polar surface area (TPSA) is 101 Å². The number of pyridine rings is 1. The van der Waals surface area contributed by atoms with Crippen LogP contribution in [0.1, 0.15) is 55.5 Å². The summed E-state index contributed by atoms with van der Waals surface area (Å²) in [6, 6.07) is 21.4. The molecule has 1 amide bonds. The van der Waals surface area contributed by atoms with Gasteiger partial charge in [-0.1, -0.05) is 47.5 Å². The number of halogens is 2. The molecule has 2 unspecified atom stereocenters. The Morgan fingerprint density at radius 2 is 1.81 bits per heavy atom. The number of carbonyl (C=O) groups is 1. The number of fused-ring (bicyclic) bond motifs is 1. The smallest absolute Gasteiger partial charge is 0.255 e. The van der Waals surface area contributed by atoms with Crippen LogP contribution in [0, 0.1) is 0 Å². The van der Waals surface area contributed by atoms with Gasteiger partial charge in [-0.15, -0.1) is 0 Å². The van der Waals surface area contributed by atoms with Crippen LogP contribution in [0.25, 0.3) is 22.4 Å². The van der Waals surface area contributed by atoms with E-state index in [9.17, 15) is 15.0 Å². The van der Waals surface area contributed by atoms with Crippen molar-refractivity contribution >= 4 is 29.1 Å². The average molecular weight is 622 g/mol. The SMILES string of the molecule is COc1ccc(-c2cc3c(nc2-c2ccc(Cl)cc2Cl)OC(C)(C)CC3CC(C)(O)CNC(=O)c2ccccc2O)cc1. The Labute approximate surface area is 261 Å². The van der Waals surface area contributed by atoms with Gasteiger partial charge in [-0.3, -0.25) is 4.79 Å². The number of nitrogens with one attached hydrogen (secondary N) is 1. The molecule has 0 spiro atoms. The van der Waals surface area contributed by atoms with Crippen molar-refractivity contribution in [2.24, 2.45) is 0 Å². The highest BCUT2D eigenvalue weighted by Crippen LogP contribution is 2.47. The number of phenolic OH excluding ortho intramolecular Hbond substituents is 1. The van der Waals surface area contributed by atoms with Gasteiger partial charge in [0, 0.05) is 28.3 Å². The van der Waals surface area contributed by atoms with E-state index in [1.807, 2.05) is 44.2 Å². The number of methoxy groups -OCH3 is 1. The van der Waals surface area contributed by atoms with Crippen LogP contribution in [0.15, 0.2) is 72.8 Å². The average Bonchev–Trinajstić information content (AvgIpc) is 2.95. The van der Waals surface area contributed by atoms with Crippen LogP contribution in [0.4, 0.5) is 0 Å². The minimum atomic E-state index is -1.27. The first kappa shape index (κ1) is 30.7. The lowest BCUT2D eigenvalue weighted by Crippen LogP contribution is -2.44. The molecule has 3 N–H and O–H groups in total. The summed E-state index contributed by atoms with van der Waals surface area (Å²) in [7, 11) is 1.62. The Morgan fingerprint density at radius 1 is 1.09 bits per heavy atom. The Morgan fingerprint density at radius 3 is 2.49 bits per heavy atom. The van der Waals surface area contributed by atoms with Crippen LogP contribution in [0.2, 0.25) is 10.0 Å². The fraction of sp³-hybridized carbons (Fsp3) is 0.294. The molecule has 0 bridgehead atoms. The van der Waals surface area contributed by atoms with Gasteiger partial charge in [-0.25, -0.2) is 4.98 Å². The minimum absolute atomic E-state index is 0.00941. The zero-order chi connectivity index (χ0) is 30.9. The third kappa shape index (κ3) is 6.90. The number of para-hydroxylation sites is 1. The maximum Gasteiger partial charge on any atom is 0.255 e. The molecule has 1 aliphatic rings. The predicted molar refractivity (Wildman–Crippen MR) is 169 cm³/mol. The molecule has 43 heavy (non-hydrogen) atoms. The molecule has 3 aromatic carbocycles. The Balaban J connectivity index is 1.53. The zero-order valence-electron chi connectivity index (χ0n) is 24.4. The quantitative estimate of drug-likeness (QED) is 0.187. The lowest BCUT2D eigenvalue weighted by Gasteiger charge is -2.40. The lowest BCUT2D eigenvalue weighted by molar-refractivity contribution is 0.0159. The number of hydrogen-bond donors (Lipinski definition) is 3. The summed E-state index contributed by atoms with van der Waals surface area (Å²) in [6.07, 6.45) is 0.951. The van der Waals surface area contributed by atoms with Crippen LogP contribution in [0.5, 0.6) is 17.4 Å². The van der Waals surface area contributed by atoms with Gasteiger partial charge in [0.25, 0.3) is 5.91 Å². The summed E-state index contributed by atoms with van der Waals surface area (Å²) in [5, 5.41) is 25.3. The van der Waals surface area contributed by atoms with Gasteiger partial charge in [0.2, 0.25) is 5.88 Å². The molecule has 7 nitrogen and oxygen atoms in total. The van der Waals surface area contributed by atoms with E-state index >= 15 is 0 Å². The number of aromatic hydroxyl groups is 1. The number of aromatic nitrogens is 1. The molecule has 5 rings (SSSR count). The van der Waals surface area contributed by atoms with Crippen molar-refractivity contribution < 1.29 is 24.5 Å². The number of rotatable bonds is 8. The molecular weight excluding hydrogens is 587 g/mol. The zero-order valence-corrected chi connectivity index (χ0v) is 26.0. The van der Waals surface area contributed by atoms with Crippen molar-refractivity contribution in [1.29, 1.82) is 0 Å². The third-order valence-electron chi connectivity index (χ3n) is 7.62. The highest BCUT2D eigenvalue weighted by atomic mass is 35.5. The van der Waals surface area contributed by atoms with E-state index < -0.39 is 17.1 Å². The second-order valence-electron chi connectivity index (χ2n) is 11.8. The van der Waals surface area contributed by atoms with Crippen molar-refractivity contribution in [1.82, 2.24) is 10.3 Å². The van der Waals surface area contributed by atoms with Crippen molar-refractivity contribution in [3.05, 3.63) is 94.0 Å². The molecular formula is C34H34Cl2N2O5. The van der Waals surface area contributed by atoms with Crippen LogP contribution >= 0.6 is 23.2 Å². The normalized spacial score (nSPS) is 16.9. The van der Waals surface area contributed by atoms with Crippen LogP contribution in [0.3, 0.4) is 0 Å². The molecule has 0 saturated heterocycles. The second-order valence-corrected chi connectivity index (χ2v) is 12.6. The summed E-state index contributed by atoms with van der Waals surface area (Å²) in [4.78, 5) is 17.8. The molecule has 4 aromatic rings. The molecule has 2 atom stereocenters. The standard InChI is InChI=1S/C34H34Cl2N2O5/c1-33(2)17-21(18-34(3,41)19-37-31(40)25-7-5-6-8-29(25)39)27-16-26(20-9-12-23(42-4)13-10-20)30(38-32(27)43-33)24-14-11-22(35)15-28(24)36/h5-16,21,39,41H,17-19H2,1-4H3,(H,37,40). The highest BCUT2D eigenvalue weighted by Gasteiger charge is 2.39. The highest BCUT2D eigenvalue weighted by molar-refractivity contribution is 6.36. The molecule has 9 heteroatoms. The minimum Gasteiger partial charge on any atom is -0.507 e. The molecule has 0 saturated carbocycles. The number of ether oxygens (including phenoxy) is 2. The fourth-order valence-corrected chi connectivity index (χ4v) is 6.09. The first-order valence-corrected chi connectivity index (χ1v) is 14.7. The van der Waals surface area contributed by atoms with Gasteiger partial charge in [0.15, 0.2) is 0 Å². The molecule has 0 radical (unpaired) electrons. The van der Waals surface area contributed by atoms with Crippen molar-refractivity contribution in [3.8, 4) is 39.8 Å². The molecule has 1 aliphatic heterocycles. The molecule has 0 aliphatic carbocycles. The van der Waals surface area contributed by atoms with Gasteiger partial charge in [0.1, 0.15) is 17.1 Å². The Bertz CT molecular complexity index is 1650. The first-order valence-electron chi connectivity index (χ1n) is 14.0. The first-order chi connectivity index (χ1) is 20.4. The number of hydrogen-bond acceptors (Lipinski definition) is 6. The van der Waals surface area contributed by atoms with Crippen molar-refractivity contribution in [2.75, 3.05) is 13.7 Å². The maximum atomic E-state index is 12.7. The van der Waals surface area contributed by atoms with Crippen LogP contribution in [-0.4, -0.2) is 46.0 Å². The van der Waals surface area contributed by atoms with E-state index in [1.165, 1.54) is 12.1 Å². The molecule has 1 aromatic heterocycles. The molecule has 2 heterocycles. The van der Waals surface area contributed by atoms with E-state index in [0.29, 0.717) is 40.0 Å². The summed E-state index contributed by atoms with van der Waals surface area (Å²) < 4.78 is 11.8. The van der Waals surface area contributed by atoms with Crippen molar-refractivity contribution in [3.63, 3.8) is 0 Å². The Hall–Kier alpha value is -3.78. The largest absolute Gasteiger partial charge is 0.507 e. The van der Waals surface area contributed by atoms with E-state index in [0.717, 1.165) is 22.4 Å². The van der Waals surface area contributed by atoms with Gasteiger partial charge < -0.3 is 25.0 Å². The summed E-state index contributed by atoms with van der Waals surface area (Å²) >= 11 is 12.9. The number of benzene rings is 3. The fourth-order valence-electron chi connectivity index (χ4n) is 5.59. The summed E-state index contributed by atoms with van der Waals surface area (Å²) in [6.45, 7) is 5.67. The van der Waals surface area contributed by atoms with E-state index in [-0.39, 0.29) is 23.8 Å². The lowest BCUT2D eigenvalue weighted by atomic mass is 9.78. The number of nitrogens with zero attached hydrogens (tertiary/aromatic N) is 1. The van der Waals surface area contributed by atoms with E-state index in [4.69, 9.17) is 37.7 Å². The van der Waals surface area contributed by atoms with Gasteiger partial charge in [0.05, 0.1) is 29.0 Å². The van der Waals surface area contributed by atoms with Crippen LogP contribution in [-0.2, 0) is 0 Å². The van der Waals surface area contributed by atoms with Gasteiger partial charge in [-0.2, -0.15) is 0 Å². The third-order valence-corrected chi connectivity index (χ3v) is 8.17. The van der Waals surface area contributed by atoms with Crippen molar-refractivity contribution in [2.45, 2.75) is 50.7 Å². The number of carbonyl (C=O) groups excluding carboxylic acids is 1. The maximum absolute atomic E-state index is 12.7. The molecule has 0 fully saturated rings. The second kappa shape index (κ2) is 12.1. The molecule has 224 valence electrons. The monoisotopic (exact) mass is 620 g/mol. The number of phenols is 1. The number of aliphatic hydroxyl groups is 1. The summed E-state index contributed by atoms with van der Waals surface area (Å²) in [5.74, 6) is 0.474. The predicted octanol–water partition coefficient (Wildman–Crippen LogP) is 7.65. The summed E-state index contributed by atoms with van der Waals surface area (Å²) in [5.41, 5.74) is 2.26. The van der Waals surface area contributed by atoms with Crippen LogP contribution < -0.4 is 14.8 Å². The Kier molecular flexibility index (Phi) is 8.61. The van der Waals surface area contributed by atoms with E-state index in [1.54, 1.807) is 38.3 Å². The van der Waals surface area contributed by atoms with E-state index in [2.05, 4.69) is 11.4 Å². The number of amides is 1. The van der Waals surface area contributed by atoms with Gasteiger partial charge in [-0.05, 0) is 93.6 Å². The van der Waals surface area contributed by atoms with Gasteiger partial charge >= 0.3 is 0 Å².